The van der Waals surface area contributed by atoms with Gasteiger partial charge in [-0.15, -0.1) is 0 Å². The summed E-state index contributed by atoms with van der Waals surface area (Å²) in [5.41, 5.74) is 15.3. The average molecular weight is 699 g/mol. The smallest absolute Gasteiger partial charge is 0.0159 e. The second-order valence-electron chi connectivity index (χ2n) is 15.7. The Kier molecular flexibility index (Phi) is 7.00. The third-order valence-corrected chi connectivity index (χ3v) is 12.2. The first kappa shape index (κ1) is 31.7. The van der Waals surface area contributed by atoms with E-state index in [-0.39, 0.29) is 5.41 Å². The van der Waals surface area contributed by atoms with Gasteiger partial charge in [-0.05, 0) is 152 Å². The molecule has 0 aliphatic heterocycles. The van der Waals surface area contributed by atoms with Crippen molar-refractivity contribution in [1.29, 1.82) is 0 Å². The molecule has 0 saturated carbocycles. The van der Waals surface area contributed by atoms with Gasteiger partial charge in [0.05, 0.1) is 0 Å². The molecule has 0 heterocycles. The van der Waals surface area contributed by atoms with Gasteiger partial charge < -0.3 is 0 Å². The molecule has 0 atom stereocenters. The van der Waals surface area contributed by atoms with Gasteiger partial charge in [-0.3, -0.25) is 0 Å². The molecule has 0 aromatic heterocycles. The second kappa shape index (κ2) is 12.1. The quantitative estimate of drug-likeness (QED) is 0.161. The Labute approximate surface area is 322 Å². The Morgan fingerprint density at radius 1 is 0.255 bits per heavy atom. The maximum atomic E-state index is 2.47. The number of benzene rings is 10. The molecule has 1 aliphatic rings. The van der Waals surface area contributed by atoms with Gasteiger partial charge in [0, 0.05) is 5.41 Å². The number of hydrogen-bond donors (Lipinski definition) is 0. The molecule has 0 spiro atoms. The highest BCUT2D eigenvalue weighted by atomic mass is 14.4. The Bertz CT molecular complexity index is 3160. The van der Waals surface area contributed by atoms with Crippen molar-refractivity contribution in [3.63, 3.8) is 0 Å². The first-order chi connectivity index (χ1) is 27.0. The maximum absolute atomic E-state index is 2.47. The normalized spacial score (nSPS) is 13.1. The van der Waals surface area contributed by atoms with Crippen LogP contribution in [0.15, 0.2) is 194 Å². The van der Waals surface area contributed by atoms with Gasteiger partial charge in [0.15, 0.2) is 0 Å². The van der Waals surface area contributed by atoms with Gasteiger partial charge in [0.1, 0.15) is 0 Å². The van der Waals surface area contributed by atoms with Gasteiger partial charge in [-0.25, -0.2) is 0 Å². The van der Waals surface area contributed by atoms with Gasteiger partial charge in [-0.1, -0.05) is 166 Å². The van der Waals surface area contributed by atoms with Crippen LogP contribution in [-0.2, 0) is 5.41 Å². The summed E-state index contributed by atoms with van der Waals surface area (Å²) >= 11 is 0. The molecule has 258 valence electrons. The molecule has 0 bridgehead atoms. The van der Waals surface area contributed by atoms with E-state index in [1.165, 1.54) is 110 Å². The van der Waals surface area contributed by atoms with Crippen molar-refractivity contribution in [2.24, 2.45) is 0 Å². The van der Waals surface area contributed by atoms with Crippen molar-refractivity contribution in [3.8, 4) is 55.6 Å². The minimum Gasteiger partial charge on any atom is -0.0622 e. The van der Waals surface area contributed by atoms with Gasteiger partial charge in [-0.2, -0.15) is 0 Å². The van der Waals surface area contributed by atoms with E-state index in [0.29, 0.717) is 0 Å². The molecular weight excluding hydrogens is 661 g/mol. The lowest BCUT2D eigenvalue weighted by molar-refractivity contribution is 0.660. The van der Waals surface area contributed by atoms with Crippen molar-refractivity contribution in [3.05, 3.63) is 205 Å². The Morgan fingerprint density at radius 3 is 1.56 bits per heavy atom. The summed E-state index contributed by atoms with van der Waals surface area (Å²) in [5, 5.41) is 10.1. The average Bonchev–Trinajstić information content (AvgIpc) is 3.47. The van der Waals surface area contributed by atoms with Crippen LogP contribution in [0.5, 0.6) is 0 Å². The lowest BCUT2D eigenvalue weighted by atomic mass is 9.81. The van der Waals surface area contributed by atoms with Crippen molar-refractivity contribution in [2.75, 3.05) is 0 Å². The summed E-state index contributed by atoms with van der Waals surface area (Å²) in [5.74, 6) is 0. The Balaban J connectivity index is 1.16. The van der Waals surface area contributed by atoms with Crippen LogP contribution in [-0.4, -0.2) is 0 Å². The second-order valence-corrected chi connectivity index (χ2v) is 15.7. The lowest BCUT2D eigenvalue weighted by Crippen LogP contribution is -2.14. The first-order valence-electron chi connectivity index (χ1n) is 19.3. The van der Waals surface area contributed by atoms with Crippen LogP contribution in [0, 0.1) is 0 Å². The van der Waals surface area contributed by atoms with E-state index in [1.807, 2.05) is 0 Å². The van der Waals surface area contributed by atoms with Crippen LogP contribution in [0.1, 0.15) is 25.0 Å². The molecule has 1 aliphatic carbocycles. The highest BCUT2D eigenvalue weighted by molar-refractivity contribution is 6.16. The van der Waals surface area contributed by atoms with Gasteiger partial charge in [0.25, 0.3) is 0 Å². The Hall–Kier alpha value is -6.76. The molecule has 0 unspecified atom stereocenters. The van der Waals surface area contributed by atoms with Crippen LogP contribution in [0.25, 0.3) is 98.7 Å². The van der Waals surface area contributed by atoms with E-state index >= 15 is 0 Å². The summed E-state index contributed by atoms with van der Waals surface area (Å²) in [6.07, 6.45) is 0. The summed E-state index contributed by atoms with van der Waals surface area (Å²) in [6.45, 7) is 4.75. The summed E-state index contributed by atoms with van der Waals surface area (Å²) in [7, 11) is 0. The van der Waals surface area contributed by atoms with E-state index in [1.54, 1.807) is 0 Å². The zero-order valence-corrected chi connectivity index (χ0v) is 31.0. The molecule has 0 N–H and O–H groups in total. The van der Waals surface area contributed by atoms with Crippen molar-refractivity contribution in [1.82, 2.24) is 0 Å². The fourth-order valence-electron chi connectivity index (χ4n) is 9.32. The molecule has 0 saturated heterocycles. The number of rotatable bonds is 4. The van der Waals surface area contributed by atoms with Crippen molar-refractivity contribution < 1.29 is 0 Å². The third-order valence-electron chi connectivity index (χ3n) is 12.2. The summed E-state index contributed by atoms with van der Waals surface area (Å²) in [6, 6.07) is 72.4. The Morgan fingerprint density at radius 2 is 0.782 bits per heavy atom. The molecule has 10 aromatic carbocycles. The SMILES string of the molecule is CC1(C)c2ccccc2-c2ccc(-c3cc4cc(-c5ccc6ccccc6c5)ccc4c4ccc(-c5cc6ccccc6cc5-c5ccccc5)cc34)cc21. The standard InChI is InChI=1S/C55H38/c1-55(2)53-19-11-10-18-47(53)48-27-24-43(34-54(48)55)51-33-44-29-41(40-21-20-35-12-6-7-15-37(35)28-40)22-25-45(44)46-26-23-42(32-52(46)51)50-31-39-17-9-8-16-38(39)30-49(50)36-13-4-3-5-14-36/h3-34H,1-2H3. The zero-order valence-electron chi connectivity index (χ0n) is 31.0. The molecule has 55 heavy (non-hydrogen) atoms. The molecule has 0 radical (unpaired) electrons. The van der Waals surface area contributed by atoms with Crippen LogP contribution < -0.4 is 0 Å². The monoisotopic (exact) mass is 698 g/mol. The van der Waals surface area contributed by atoms with Crippen LogP contribution in [0.3, 0.4) is 0 Å². The molecule has 0 heteroatoms. The molecule has 0 fully saturated rings. The van der Waals surface area contributed by atoms with E-state index in [4.69, 9.17) is 0 Å². The summed E-state index contributed by atoms with van der Waals surface area (Å²) in [4.78, 5) is 0. The zero-order chi connectivity index (χ0) is 36.7. The van der Waals surface area contributed by atoms with E-state index < -0.39 is 0 Å². The molecule has 10 aromatic rings. The molecular formula is C55H38. The highest BCUT2D eigenvalue weighted by Gasteiger charge is 2.35. The van der Waals surface area contributed by atoms with Crippen molar-refractivity contribution in [2.45, 2.75) is 19.3 Å². The van der Waals surface area contributed by atoms with E-state index in [2.05, 4.69) is 208 Å². The largest absolute Gasteiger partial charge is 0.0622 e. The van der Waals surface area contributed by atoms with Crippen LogP contribution in [0.4, 0.5) is 0 Å². The lowest BCUT2D eigenvalue weighted by Gasteiger charge is -2.22. The predicted molar refractivity (Wildman–Crippen MR) is 236 cm³/mol. The topological polar surface area (TPSA) is 0 Å². The predicted octanol–water partition coefficient (Wildman–Crippen LogP) is 15.3. The first-order valence-corrected chi connectivity index (χ1v) is 19.3. The van der Waals surface area contributed by atoms with Gasteiger partial charge >= 0.3 is 0 Å². The van der Waals surface area contributed by atoms with Gasteiger partial charge in [0.2, 0.25) is 0 Å². The fourth-order valence-corrected chi connectivity index (χ4v) is 9.32. The fraction of sp³-hybridized carbons (Fsp3) is 0.0545. The van der Waals surface area contributed by atoms with E-state index in [0.717, 1.165) is 0 Å². The van der Waals surface area contributed by atoms with Crippen LogP contribution in [0.2, 0.25) is 0 Å². The highest BCUT2D eigenvalue weighted by Crippen LogP contribution is 2.50. The van der Waals surface area contributed by atoms with Crippen molar-refractivity contribution >= 4 is 43.1 Å². The number of hydrogen-bond acceptors (Lipinski definition) is 0. The summed E-state index contributed by atoms with van der Waals surface area (Å²) < 4.78 is 0. The van der Waals surface area contributed by atoms with E-state index in [9.17, 15) is 0 Å². The minimum absolute atomic E-state index is 0.0846. The molecule has 11 rings (SSSR count). The maximum Gasteiger partial charge on any atom is 0.0159 e. The molecule has 0 nitrogen and oxygen atoms in total. The van der Waals surface area contributed by atoms with Crippen LogP contribution >= 0.6 is 0 Å². The molecule has 0 amide bonds. The minimum atomic E-state index is -0.0846. The number of fused-ring (bicyclic) bond motifs is 8. The third kappa shape index (κ3) is 5.06.